The molecule has 0 N–H and O–H groups in total. The number of methoxy groups -OCH3 is 1. The summed E-state index contributed by atoms with van der Waals surface area (Å²) in [7, 11) is 1.64. The Morgan fingerprint density at radius 2 is 1.58 bits per heavy atom. The molecule has 3 aromatic carbocycles. The molecular formula is C22H18N2O2. The highest BCUT2D eigenvalue weighted by Crippen LogP contribution is 2.20. The summed E-state index contributed by atoms with van der Waals surface area (Å²) < 4.78 is 6.95. The van der Waals surface area contributed by atoms with Gasteiger partial charge in [-0.1, -0.05) is 54.6 Å². The van der Waals surface area contributed by atoms with Gasteiger partial charge in [-0.25, -0.2) is 4.98 Å². The standard InChI is InChI=1S/C22H18N2O2/c1-26-18-13-11-16(12-14-18)15-24-21(17-7-3-2-4-8-17)23-20-10-6-5-9-19(20)22(24)25/h2-14H,15H2,1H3. The first-order valence-corrected chi connectivity index (χ1v) is 8.44. The molecule has 0 unspecified atom stereocenters. The summed E-state index contributed by atoms with van der Waals surface area (Å²) in [6, 6.07) is 25.0. The van der Waals surface area contributed by atoms with Crippen molar-refractivity contribution >= 4 is 10.9 Å². The third-order valence-corrected chi connectivity index (χ3v) is 4.39. The molecule has 0 saturated heterocycles. The zero-order valence-corrected chi connectivity index (χ0v) is 14.4. The predicted molar refractivity (Wildman–Crippen MR) is 104 cm³/mol. The van der Waals surface area contributed by atoms with Crippen LogP contribution >= 0.6 is 0 Å². The molecule has 0 aliphatic carbocycles. The van der Waals surface area contributed by atoms with Gasteiger partial charge in [-0.2, -0.15) is 0 Å². The normalized spacial score (nSPS) is 10.8. The van der Waals surface area contributed by atoms with Gasteiger partial charge < -0.3 is 4.74 Å². The van der Waals surface area contributed by atoms with Crippen molar-refractivity contribution < 1.29 is 4.74 Å². The van der Waals surface area contributed by atoms with Crippen LogP contribution in [-0.2, 0) is 6.54 Å². The van der Waals surface area contributed by atoms with Gasteiger partial charge in [0.25, 0.3) is 5.56 Å². The first-order chi connectivity index (χ1) is 12.8. The number of nitrogens with zero attached hydrogens (tertiary/aromatic N) is 2. The van der Waals surface area contributed by atoms with E-state index in [4.69, 9.17) is 9.72 Å². The van der Waals surface area contributed by atoms with E-state index in [0.717, 1.165) is 16.9 Å². The van der Waals surface area contributed by atoms with Crippen LogP contribution < -0.4 is 10.3 Å². The number of fused-ring (bicyclic) bond motifs is 1. The Morgan fingerprint density at radius 1 is 0.885 bits per heavy atom. The van der Waals surface area contributed by atoms with Gasteiger partial charge in [0.2, 0.25) is 0 Å². The Kier molecular flexibility index (Phi) is 4.23. The first-order valence-electron chi connectivity index (χ1n) is 8.44. The number of hydrogen-bond donors (Lipinski definition) is 0. The van der Waals surface area contributed by atoms with E-state index < -0.39 is 0 Å². The molecule has 4 heteroatoms. The van der Waals surface area contributed by atoms with Gasteiger partial charge in [-0.15, -0.1) is 0 Å². The Hall–Kier alpha value is -3.40. The third kappa shape index (κ3) is 2.97. The minimum absolute atomic E-state index is 0.0368. The maximum atomic E-state index is 13.1. The van der Waals surface area contributed by atoms with Crippen molar-refractivity contribution in [3.63, 3.8) is 0 Å². The van der Waals surface area contributed by atoms with Crippen LogP contribution in [0.5, 0.6) is 5.75 Å². The van der Waals surface area contributed by atoms with Crippen LogP contribution in [0.4, 0.5) is 0 Å². The third-order valence-electron chi connectivity index (χ3n) is 4.39. The quantitative estimate of drug-likeness (QED) is 0.560. The van der Waals surface area contributed by atoms with Crippen LogP contribution in [0, 0.1) is 0 Å². The van der Waals surface area contributed by atoms with Gasteiger partial charge >= 0.3 is 0 Å². The first kappa shape index (κ1) is 16.1. The van der Waals surface area contributed by atoms with Crippen molar-refractivity contribution in [3.8, 4) is 17.1 Å². The summed E-state index contributed by atoms with van der Waals surface area (Å²) in [6.45, 7) is 0.449. The number of aromatic nitrogens is 2. The van der Waals surface area contributed by atoms with Gasteiger partial charge in [0, 0.05) is 5.56 Å². The second-order valence-corrected chi connectivity index (χ2v) is 6.06. The fourth-order valence-corrected chi connectivity index (χ4v) is 3.04. The lowest BCUT2D eigenvalue weighted by Crippen LogP contribution is -2.24. The number of hydrogen-bond acceptors (Lipinski definition) is 3. The molecule has 128 valence electrons. The zero-order valence-electron chi connectivity index (χ0n) is 14.4. The molecule has 0 spiro atoms. The lowest BCUT2D eigenvalue weighted by Gasteiger charge is -2.14. The lowest BCUT2D eigenvalue weighted by molar-refractivity contribution is 0.414. The zero-order chi connectivity index (χ0) is 17.9. The van der Waals surface area contributed by atoms with Crippen LogP contribution in [0.2, 0.25) is 0 Å². The molecular weight excluding hydrogens is 324 g/mol. The number of ether oxygens (including phenoxy) is 1. The number of benzene rings is 3. The number of para-hydroxylation sites is 1. The van der Waals surface area contributed by atoms with E-state index >= 15 is 0 Å². The molecule has 0 radical (unpaired) electrons. The second-order valence-electron chi connectivity index (χ2n) is 6.06. The van der Waals surface area contributed by atoms with Gasteiger partial charge in [0.15, 0.2) is 0 Å². The Balaban J connectivity index is 1.90. The van der Waals surface area contributed by atoms with Gasteiger partial charge in [0.05, 0.1) is 24.6 Å². The van der Waals surface area contributed by atoms with E-state index in [2.05, 4.69) is 0 Å². The van der Waals surface area contributed by atoms with E-state index in [1.807, 2.05) is 78.9 Å². The average molecular weight is 342 g/mol. The molecule has 0 atom stereocenters. The van der Waals surface area contributed by atoms with Crippen LogP contribution in [-0.4, -0.2) is 16.7 Å². The van der Waals surface area contributed by atoms with Crippen molar-refractivity contribution in [1.29, 1.82) is 0 Å². The van der Waals surface area contributed by atoms with E-state index in [1.54, 1.807) is 11.7 Å². The van der Waals surface area contributed by atoms with Crippen LogP contribution in [0.3, 0.4) is 0 Å². The minimum Gasteiger partial charge on any atom is -0.497 e. The van der Waals surface area contributed by atoms with Crippen molar-refractivity contribution in [2.75, 3.05) is 7.11 Å². The smallest absolute Gasteiger partial charge is 0.261 e. The molecule has 0 saturated carbocycles. The summed E-state index contributed by atoms with van der Waals surface area (Å²) in [5.41, 5.74) is 2.61. The lowest BCUT2D eigenvalue weighted by atomic mass is 10.1. The summed E-state index contributed by atoms with van der Waals surface area (Å²) in [6.07, 6.45) is 0. The molecule has 0 aliphatic rings. The van der Waals surface area contributed by atoms with Crippen molar-refractivity contribution in [2.24, 2.45) is 0 Å². The molecule has 4 nitrogen and oxygen atoms in total. The molecule has 0 amide bonds. The molecule has 0 aliphatic heterocycles. The molecule has 26 heavy (non-hydrogen) atoms. The fourth-order valence-electron chi connectivity index (χ4n) is 3.04. The highest BCUT2D eigenvalue weighted by molar-refractivity contribution is 5.79. The Morgan fingerprint density at radius 3 is 2.31 bits per heavy atom. The largest absolute Gasteiger partial charge is 0.497 e. The van der Waals surface area contributed by atoms with Gasteiger partial charge in [-0.3, -0.25) is 9.36 Å². The van der Waals surface area contributed by atoms with Crippen molar-refractivity contribution in [3.05, 3.63) is 94.8 Å². The molecule has 4 aromatic rings. The monoisotopic (exact) mass is 342 g/mol. The summed E-state index contributed by atoms with van der Waals surface area (Å²) in [5, 5.41) is 0.626. The van der Waals surface area contributed by atoms with Crippen LogP contribution in [0.15, 0.2) is 83.7 Å². The molecule has 1 aromatic heterocycles. The topological polar surface area (TPSA) is 44.1 Å². The fraction of sp³-hybridized carbons (Fsp3) is 0.0909. The Bertz CT molecular complexity index is 1100. The van der Waals surface area contributed by atoms with Crippen molar-refractivity contribution in [1.82, 2.24) is 9.55 Å². The van der Waals surface area contributed by atoms with Crippen LogP contribution in [0.1, 0.15) is 5.56 Å². The molecule has 1 heterocycles. The van der Waals surface area contributed by atoms with E-state index in [-0.39, 0.29) is 5.56 Å². The van der Waals surface area contributed by atoms with E-state index in [9.17, 15) is 4.79 Å². The summed E-state index contributed by atoms with van der Waals surface area (Å²) in [4.78, 5) is 17.9. The molecule has 0 bridgehead atoms. The highest BCUT2D eigenvalue weighted by atomic mass is 16.5. The maximum Gasteiger partial charge on any atom is 0.261 e. The maximum absolute atomic E-state index is 13.1. The molecule has 0 fully saturated rings. The Labute approximate surface area is 151 Å². The van der Waals surface area contributed by atoms with Crippen LogP contribution in [0.25, 0.3) is 22.3 Å². The van der Waals surface area contributed by atoms with E-state index in [1.165, 1.54) is 0 Å². The summed E-state index contributed by atoms with van der Waals surface area (Å²) in [5.74, 6) is 1.46. The summed E-state index contributed by atoms with van der Waals surface area (Å²) >= 11 is 0. The van der Waals surface area contributed by atoms with Crippen molar-refractivity contribution in [2.45, 2.75) is 6.54 Å². The van der Waals surface area contributed by atoms with E-state index in [0.29, 0.717) is 23.3 Å². The number of rotatable bonds is 4. The highest BCUT2D eigenvalue weighted by Gasteiger charge is 2.13. The second kappa shape index (κ2) is 6.84. The van der Waals surface area contributed by atoms with Gasteiger partial charge in [-0.05, 0) is 29.8 Å². The predicted octanol–water partition coefficient (Wildman–Crippen LogP) is 4.12. The minimum atomic E-state index is -0.0368. The average Bonchev–Trinajstić information content (AvgIpc) is 2.71. The van der Waals surface area contributed by atoms with Gasteiger partial charge in [0.1, 0.15) is 11.6 Å². The molecule has 4 rings (SSSR count). The SMILES string of the molecule is COc1ccc(Cn2c(-c3ccccc3)nc3ccccc3c2=O)cc1.